The highest BCUT2D eigenvalue weighted by Crippen LogP contribution is 2.18. The molecule has 15 heteroatoms. The molecule has 15 nitrogen and oxygen atoms in total. The summed E-state index contributed by atoms with van der Waals surface area (Å²) in [6.07, 6.45) is 33.9. The minimum atomic E-state index is -0.352. The Hall–Kier alpha value is -2.24. The molecule has 0 aliphatic heterocycles. The van der Waals surface area contributed by atoms with E-state index >= 15 is 0 Å². The highest BCUT2D eigenvalue weighted by Gasteiger charge is 2.21. The van der Waals surface area contributed by atoms with Crippen LogP contribution in [-0.2, 0) is 57.1 Å². The summed E-state index contributed by atoms with van der Waals surface area (Å²) in [7, 11) is 0. The van der Waals surface area contributed by atoms with E-state index in [1.54, 1.807) is 0 Å². The van der Waals surface area contributed by atoms with Crippen LogP contribution in [0.15, 0.2) is 0 Å². The van der Waals surface area contributed by atoms with Crippen molar-refractivity contribution in [3.05, 3.63) is 0 Å². The van der Waals surface area contributed by atoms with Crippen molar-refractivity contribution in [1.29, 1.82) is 0 Å². The molecule has 0 aromatic carbocycles. The first kappa shape index (κ1) is 71.8. The minimum absolute atomic E-state index is 0.0561. The number of unbranched alkanes of at least 4 members (excludes halogenated alkanes) is 21. The van der Waals surface area contributed by atoms with E-state index in [-0.39, 0.29) is 35.8 Å². The summed E-state index contributed by atoms with van der Waals surface area (Å²) in [5, 5.41) is 9.01. The SMILES string of the molecule is CCCCCCCCCCCCCC(=O)C[C@H](CCCCNC(=O)CCCCCCCCCCCCC)C(=O)NCCCOCCOCCOCCCNC(=O)CCOCCOCCOCCOCCOCCC. The van der Waals surface area contributed by atoms with Crippen molar-refractivity contribution in [2.45, 2.75) is 226 Å². The molecule has 0 bridgehead atoms. The number of nitrogens with one attached hydrogen (secondary N) is 3. The molecule has 3 N–H and O–H groups in total. The lowest BCUT2D eigenvalue weighted by Crippen LogP contribution is -2.33. The first-order valence-corrected chi connectivity index (χ1v) is 30.4. The van der Waals surface area contributed by atoms with Gasteiger partial charge in [0.05, 0.1) is 85.9 Å². The van der Waals surface area contributed by atoms with E-state index in [9.17, 15) is 19.2 Å². The molecule has 0 unspecified atom stereocenters. The second-order valence-corrected chi connectivity index (χ2v) is 19.9. The van der Waals surface area contributed by atoms with Crippen LogP contribution < -0.4 is 16.0 Å². The van der Waals surface area contributed by atoms with Gasteiger partial charge in [-0.3, -0.25) is 19.2 Å². The van der Waals surface area contributed by atoms with E-state index < -0.39 is 0 Å². The van der Waals surface area contributed by atoms with Crippen molar-refractivity contribution in [3.63, 3.8) is 0 Å². The van der Waals surface area contributed by atoms with Crippen LogP contribution in [0.25, 0.3) is 0 Å². The van der Waals surface area contributed by atoms with Crippen LogP contribution in [0, 0.1) is 5.92 Å². The summed E-state index contributed by atoms with van der Waals surface area (Å²) in [5.74, 6) is -0.179. The maximum Gasteiger partial charge on any atom is 0.223 e. The molecule has 3 amide bonds. The molecule has 0 heterocycles. The van der Waals surface area contributed by atoms with Crippen molar-refractivity contribution in [2.24, 2.45) is 5.92 Å². The molecule has 0 aliphatic rings. The van der Waals surface area contributed by atoms with Crippen LogP contribution in [0.5, 0.6) is 0 Å². The van der Waals surface area contributed by atoms with Crippen LogP contribution in [-0.4, -0.2) is 149 Å². The number of ether oxygens (including phenoxy) is 8. The van der Waals surface area contributed by atoms with E-state index in [0.29, 0.717) is 157 Å². The van der Waals surface area contributed by atoms with Gasteiger partial charge in [-0.15, -0.1) is 0 Å². The van der Waals surface area contributed by atoms with Gasteiger partial charge in [-0.1, -0.05) is 156 Å². The first-order chi connectivity index (χ1) is 36.4. The summed E-state index contributed by atoms with van der Waals surface area (Å²) in [4.78, 5) is 50.9. The molecule has 0 saturated carbocycles. The smallest absolute Gasteiger partial charge is 0.223 e. The topological polar surface area (TPSA) is 178 Å². The standard InChI is InChI=1S/C59H115N3O12/c1-4-7-9-11-13-15-17-19-21-23-25-32-56(63)54-55(31-27-28-35-60-57(64)33-26-24-22-20-18-16-14-12-10-8-5-2)59(66)62-37-30-40-69-44-48-72-47-43-68-39-29-36-61-58(65)34-41-70-45-49-73-51-53-74-52-50-71-46-42-67-38-6-3/h55H,4-54H2,1-3H3,(H,60,64)(H,61,65)(H,62,66)/t55-/m0/s1. The molecular weight excluding hydrogens is 943 g/mol. The molecule has 438 valence electrons. The van der Waals surface area contributed by atoms with Gasteiger partial charge < -0.3 is 53.8 Å². The number of carbonyl (C=O) groups is 4. The van der Waals surface area contributed by atoms with E-state index in [1.165, 1.54) is 116 Å². The number of Topliss-reactive ketones (excluding diaryl/α,β-unsaturated/α-hetero) is 1. The third kappa shape index (κ3) is 57.5. The third-order valence-corrected chi connectivity index (χ3v) is 12.8. The molecule has 0 saturated heterocycles. The molecule has 1 atom stereocenters. The lowest BCUT2D eigenvalue weighted by atomic mass is 9.93. The first-order valence-electron chi connectivity index (χ1n) is 30.4. The van der Waals surface area contributed by atoms with Crippen LogP contribution in [0.1, 0.15) is 226 Å². The van der Waals surface area contributed by atoms with Crippen molar-refractivity contribution in [2.75, 3.05) is 125 Å². The van der Waals surface area contributed by atoms with Gasteiger partial charge in [-0.25, -0.2) is 0 Å². The molecule has 0 radical (unpaired) electrons. The largest absolute Gasteiger partial charge is 0.379 e. The fourth-order valence-electron chi connectivity index (χ4n) is 8.32. The summed E-state index contributed by atoms with van der Waals surface area (Å²) in [6, 6.07) is 0. The van der Waals surface area contributed by atoms with Gasteiger partial charge in [0.25, 0.3) is 0 Å². The Balaban J connectivity index is 4.07. The quantitative estimate of drug-likeness (QED) is 0.0492. The Labute approximate surface area is 452 Å². The average Bonchev–Trinajstić information content (AvgIpc) is 3.39. The zero-order chi connectivity index (χ0) is 53.7. The normalized spacial score (nSPS) is 11.8. The van der Waals surface area contributed by atoms with E-state index in [2.05, 4.69) is 36.7 Å². The predicted molar refractivity (Wildman–Crippen MR) is 299 cm³/mol. The van der Waals surface area contributed by atoms with Gasteiger partial charge in [0.2, 0.25) is 17.7 Å². The zero-order valence-electron chi connectivity index (χ0n) is 48.0. The number of ketones is 1. The fourth-order valence-corrected chi connectivity index (χ4v) is 8.32. The number of amides is 3. The second kappa shape index (κ2) is 61.6. The highest BCUT2D eigenvalue weighted by molar-refractivity contribution is 5.86. The number of carbonyl (C=O) groups excluding carboxylic acids is 4. The molecule has 0 aliphatic carbocycles. The van der Waals surface area contributed by atoms with Gasteiger partial charge in [0, 0.05) is 71.1 Å². The third-order valence-electron chi connectivity index (χ3n) is 12.8. The van der Waals surface area contributed by atoms with Crippen LogP contribution in [0.4, 0.5) is 0 Å². The second-order valence-electron chi connectivity index (χ2n) is 19.9. The van der Waals surface area contributed by atoms with Crippen molar-refractivity contribution < 1.29 is 57.1 Å². The van der Waals surface area contributed by atoms with Crippen LogP contribution in [0.2, 0.25) is 0 Å². The Morgan fingerprint density at radius 3 is 1.07 bits per heavy atom. The number of hydrogen-bond donors (Lipinski definition) is 3. The van der Waals surface area contributed by atoms with Crippen molar-refractivity contribution in [1.82, 2.24) is 16.0 Å². The van der Waals surface area contributed by atoms with Crippen LogP contribution in [0.3, 0.4) is 0 Å². The van der Waals surface area contributed by atoms with Crippen LogP contribution >= 0.6 is 0 Å². The molecular formula is C59H115N3O12. The van der Waals surface area contributed by atoms with E-state index in [4.69, 9.17) is 37.9 Å². The summed E-state index contributed by atoms with van der Waals surface area (Å²) in [5.41, 5.74) is 0. The summed E-state index contributed by atoms with van der Waals surface area (Å²) in [6.45, 7) is 16.2. The Morgan fingerprint density at radius 1 is 0.297 bits per heavy atom. The summed E-state index contributed by atoms with van der Waals surface area (Å²) >= 11 is 0. The lowest BCUT2D eigenvalue weighted by molar-refractivity contribution is -0.129. The molecule has 0 fully saturated rings. The molecule has 0 spiro atoms. The Morgan fingerprint density at radius 2 is 0.635 bits per heavy atom. The number of hydrogen-bond acceptors (Lipinski definition) is 12. The van der Waals surface area contributed by atoms with E-state index in [1.807, 2.05) is 0 Å². The average molecular weight is 1060 g/mol. The molecule has 0 aromatic rings. The lowest BCUT2D eigenvalue weighted by Gasteiger charge is -2.17. The molecule has 74 heavy (non-hydrogen) atoms. The van der Waals surface area contributed by atoms with Gasteiger partial charge in [0.15, 0.2) is 0 Å². The maximum absolute atomic E-state index is 13.3. The summed E-state index contributed by atoms with van der Waals surface area (Å²) < 4.78 is 44.2. The van der Waals surface area contributed by atoms with Crippen molar-refractivity contribution >= 4 is 23.5 Å². The van der Waals surface area contributed by atoms with E-state index in [0.717, 1.165) is 51.6 Å². The van der Waals surface area contributed by atoms with Gasteiger partial charge >= 0.3 is 0 Å². The molecule has 0 rings (SSSR count). The Bertz CT molecular complexity index is 1200. The number of rotatable bonds is 63. The monoisotopic (exact) mass is 1060 g/mol. The van der Waals surface area contributed by atoms with Gasteiger partial charge in [-0.2, -0.15) is 0 Å². The highest BCUT2D eigenvalue weighted by atomic mass is 16.6. The van der Waals surface area contributed by atoms with Crippen molar-refractivity contribution in [3.8, 4) is 0 Å². The Kier molecular flexibility index (Phi) is 59.7. The maximum atomic E-state index is 13.3. The zero-order valence-corrected chi connectivity index (χ0v) is 48.0. The molecule has 0 aromatic heterocycles. The predicted octanol–water partition coefficient (Wildman–Crippen LogP) is 11.2. The minimum Gasteiger partial charge on any atom is -0.379 e. The van der Waals surface area contributed by atoms with Gasteiger partial charge in [-0.05, 0) is 44.9 Å². The fraction of sp³-hybridized carbons (Fsp3) is 0.932. The van der Waals surface area contributed by atoms with Gasteiger partial charge in [0.1, 0.15) is 5.78 Å².